The van der Waals surface area contributed by atoms with Crippen LogP contribution < -0.4 is 29.9 Å². The van der Waals surface area contributed by atoms with Crippen LogP contribution in [0.15, 0.2) is 77.9 Å². The average molecular weight is 390 g/mol. The van der Waals surface area contributed by atoms with Gasteiger partial charge in [-0.25, -0.2) is 0 Å². The Morgan fingerprint density at radius 2 is 1.07 bits per heavy atom. The quantitative estimate of drug-likeness (QED) is 0.691. The SMILES string of the molecule is COc1ccc(C2=NN(c3ccc(OC)cc3)N(c3ccc(OC)cc3)N2)cc1. The molecule has 0 aliphatic carbocycles. The van der Waals surface area contributed by atoms with E-state index in [1.54, 1.807) is 26.4 Å². The van der Waals surface area contributed by atoms with Gasteiger partial charge in [0.2, 0.25) is 0 Å². The van der Waals surface area contributed by atoms with Crippen LogP contribution in [0.4, 0.5) is 11.4 Å². The van der Waals surface area contributed by atoms with E-state index in [4.69, 9.17) is 19.3 Å². The predicted molar refractivity (Wildman–Crippen MR) is 114 cm³/mol. The van der Waals surface area contributed by atoms with Gasteiger partial charge in [-0.2, -0.15) is 10.2 Å². The van der Waals surface area contributed by atoms with Crippen molar-refractivity contribution in [1.82, 2.24) is 5.43 Å². The molecule has 0 spiro atoms. The van der Waals surface area contributed by atoms with Crippen molar-refractivity contribution in [2.24, 2.45) is 5.10 Å². The number of rotatable bonds is 6. The van der Waals surface area contributed by atoms with Crippen molar-refractivity contribution in [3.8, 4) is 17.2 Å². The van der Waals surface area contributed by atoms with Crippen LogP contribution in [0.3, 0.4) is 0 Å². The summed E-state index contributed by atoms with van der Waals surface area (Å²) < 4.78 is 15.8. The third-order valence-electron chi connectivity index (χ3n) is 4.58. The molecule has 0 radical (unpaired) electrons. The summed E-state index contributed by atoms with van der Waals surface area (Å²) in [5.41, 5.74) is 6.11. The number of nitrogens with one attached hydrogen (secondary N) is 1. The lowest BCUT2D eigenvalue weighted by Crippen LogP contribution is -2.44. The molecule has 4 rings (SSSR count). The van der Waals surface area contributed by atoms with Gasteiger partial charge in [0.15, 0.2) is 5.84 Å². The van der Waals surface area contributed by atoms with Crippen molar-refractivity contribution in [3.63, 3.8) is 0 Å². The van der Waals surface area contributed by atoms with Crippen molar-refractivity contribution in [1.29, 1.82) is 0 Å². The summed E-state index contributed by atoms with van der Waals surface area (Å²) in [6.45, 7) is 0. The molecule has 1 heterocycles. The van der Waals surface area contributed by atoms with E-state index < -0.39 is 0 Å². The maximum Gasteiger partial charge on any atom is 0.176 e. The number of methoxy groups -OCH3 is 3. The third kappa shape index (κ3) is 3.75. The molecule has 0 fully saturated rings. The molecule has 0 atom stereocenters. The van der Waals surface area contributed by atoms with Crippen molar-refractivity contribution in [2.75, 3.05) is 31.6 Å². The fourth-order valence-electron chi connectivity index (χ4n) is 2.97. The van der Waals surface area contributed by atoms with Crippen molar-refractivity contribution in [2.45, 2.75) is 0 Å². The number of hydrogen-bond donors (Lipinski definition) is 1. The van der Waals surface area contributed by atoms with Gasteiger partial charge in [-0.1, -0.05) is 0 Å². The van der Waals surface area contributed by atoms with Gasteiger partial charge in [-0.3, -0.25) is 5.43 Å². The highest BCUT2D eigenvalue weighted by atomic mass is 16.5. The van der Waals surface area contributed by atoms with Gasteiger partial charge < -0.3 is 14.2 Å². The first-order valence-corrected chi connectivity index (χ1v) is 9.10. The van der Waals surface area contributed by atoms with E-state index in [1.165, 1.54) is 0 Å². The number of benzene rings is 3. The molecular formula is C22H22N4O3. The highest BCUT2D eigenvalue weighted by Crippen LogP contribution is 2.28. The Balaban J connectivity index is 1.70. The molecule has 3 aromatic carbocycles. The van der Waals surface area contributed by atoms with E-state index in [0.717, 1.165) is 40.0 Å². The monoisotopic (exact) mass is 390 g/mol. The Labute approximate surface area is 169 Å². The summed E-state index contributed by atoms with van der Waals surface area (Å²) in [6, 6.07) is 23.2. The molecule has 0 bridgehead atoms. The number of anilines is 2. The summed E-state index contributed by atoms with van der Waals surface area (Å²) in [4.78, 5) is 0. The Kier molecular flexibility index (Phi) is 5.11. The van der Waals surface area contributed by atoms with E-state index in [0.29, 0.717) is 0 Å². The number of amidine groups is 1. The van der Waals surface area contributed by atoms with Gasteiger partial charge in [0, 0.05) is 5.56 Å². The van der Waals surface area contributed by atoms with E-state index in [2.05, 4.69) is 5.43 Å². The number of ether oxygens (including phenoxy) is 3. The minimum absolute atomic E-state index is 0.722. The molecule has 3 aromatic rings. The van der Waals surface area contributed by atoms with E-state index >= 15 is 0 Å². The fraction of sp³-hybridized carbons (Fsp3) is 0.136. The average Bonchev–Trinajstić information content (AvgIpc) is 3.24. The first-order chi connectivity index (χ1) is 14.2. The second-order valence-electron chi connectivity index (χ2n) is 6.29. The zero-order valence-corrected chi connectivity index (χ0v) is 16.5. The maximum atomic E-state index is 5.27. The van der Waals surface area contributed by atoms with Gasteiger partial charge in [0.05, 0.1) is 32.7 Å². The lowest BCUT2D eigenvalue weighted by molar-refractivity contribution is 0.414. The van der Waals surface area contributed by atoms with Gasteiger partial charge in [0.25, 0.3) is 0 Å². The van der Waals surface area contributed by atoms with Crippen LogP contribution in [0.5, 0.6) is 17.2 Å². The fourth-order valence-corrected chi connectivity index (χ4v) is 2.97. The molecule has 0 saturated heterocycles. The van der Waals surface area contributed by atoms with Crippen molar-refractivity contribution in [3.05, 3.63) is 78.4 Å². The number of nitrogens with zero attached hydrogens (tertiary/aromatic N) is 3. The number of hydrazine groups is 2. The lowest BCUT2D eigenvalue weighted by atomic mass is 10.2. The highest BCUT2D eigenvalue weighted by molar-refractivity contribution is 6.02. The minimum Gasteiger partial charge on any atom is -0.497 e. The van der Waals surface area contributed by atoms with Gasteiger partial charge >= 0.3 is 0 Å². The molecule has 1 aliphatic rings. The summed E-state index contributed by atoms with van der Waals surface area (Å²) in [5, 5.41) is 8.47. The van der Waals surface area contributed by atoms with E-state index in [-0.39, 0.29) is 0 Å². The molecule has 0 saturated carbocycles. The van der Waals surface area contributed by atoms with Crippen LogP contribution in [-0.2, 0) is 0 Å². The highest BCUT2D eigenvalue weighted by Gasteiger charge is 2.26. The molecule has 0 amide bonds. The van der Waals surface area contributed by atoms with E-state index in [9.17, 15) is 0 Å². The molecule has 1 aliphatic heterocycles. The normalized spacial score (nSPS) is 13.0. The number of hydrazone groups is 1. The summed E-state index contributed by atoms with van der Waals surface area (Å²) in [5.74, 6) is 3.10. The molecule has 148 valence electrons. The minimum atomic E-state index is 0.722. The molecule has 7 nitrogen and oxygen atoms in total. The molecule has 1 N–H and O–H groups in total. The second kappa shape index (κ2) is 8.02. The Morgan fingerprint density at radius 1 is 0.621 bits per heavy atom. The van der Waals surface area contributed by atoms with E-state index in [1.807, 2.05) is 77.9 Å². The molecule has 0 aromatic heterocycles. The smallest absolute Gasteiger partial charge is 0.176 e. The topological polar surface area (TPSA) is 58.6 Å². The Bertz CT molecular complexity index is 986. The largest absolute Gasteiger partial charge is 0.497 e. The molecule has 0 unspecified atom stereocenters. The van der Waals surface area contributed by atoms with Crippen LogP contribution in [-0.4, -0.2) is 27.2 Å². The maximum absolute atomic E-state index is 5.27. The first kappa shape index (κ1) is 18.5. The molecular weight excluding hydrogens is 368 g/mol. The second-order valence-corrected chi connectivity index (χ2v) is 6.29. The summed E-state index contributed by atoms with van der Waals surface area (Å²) in [6.07, 6.45) is 0. The van der Waals surface area contributed by atoms with Crippen LogP contribution in [0, 0.1) is 0 Å². The van der Waals surface area contributed by atoms with Crippen molar-refractivity contribution < 1.29 is 14.2 Å². The van der Waals surface area contributed by atoms with Crippen molar-refractivity contribution >= 4 is 17.2 Å². The van der Waals surface area contributed by atoms with Gasteiger partial charge in [0.1, 0.15) is 17.2 Å². The first-order valence-electron chi connectivity index (χ1n) is 9.10. The van der Waals surface area contributed by atoms with Gasteiger partial charge in [-0.05, 0) is 72.8 Å². The van der Waals surface area contributed by atoms with Crippen LogP contribution in [0.2, 0.25) is 0 Å². The predicted octanol–water partition coefficient (Wildman–Crippen LogP) is 3.82. The summed E-state index contributed by atoms with van der Waals surface area (Å²) in [7, 11) is 4.95. The van der Waals surface area contributed by atoms with Gasteiger partial charge in [-0.15, -0.1) is 5.10 Å². The third-order valence-corrected chi connectivity index (χ3v) is 4.58. The van der Waals surface area contributed by atoms with Crippen LogP contribution >= 0.6 is 0 Å². The van der Waals surface area contributed by atoms with Crippen LogP contribution in [0.1, 0.15) is 5.56 Å². The zero-order chi connectivity index (χ0) is 20.2. The Morgan fingerprint density at radius 3 is 1.55 bits per heavy atom. The Hall–Kier alpha value is -3.87. The zero-order valence-electron chi connectivity index (χ0n) is 16.5. The molecule has 29 heavy (non-hydrogen) atoms. The standard InChI is InChI=1S/C22H22N4O3/c1-27-19-10-4-16(5-11-19)22-23-25(17-6-12-20(28-2)13-7-17)26(24-22)18-8-14-21(29-3)15-9-18/h4-15H,1-3H3,(H,23,24). The lowest BCUT2D eigenvalue weighted by Gasteiger charge is -2.28. The number of hydrogen-bond acceptors (Lipinski definition) is 7. The summed E-state index contributed by atoms with van der Waals surface area (Å²) >= 11 is 0. The van der Waals surface area contributed by atoms with Crippen LogP contribution in [0.25, 0.3) is 0 Å². The molecule has 7 heteroatoms.